The van der Waals surface area contributed by atoms with E-state index >= 15 is 0 Å². The quantitative estimate of drug-likeness (QED) is 0.334. The lowest BCUT2D eigenvalue weighted by molar-refractivity contribution is -0.153. The van der Waals surface area contributed by atoms with Gasteiger partial charge in [-0.25, -0.2) is 0 Å². The van der Waals surface area contributed by atoms with Crippen molar-refractivity contribution in [1.29, 1.82) is 0 Å². The molecule has 1 aromatic carbocycles. The number of ether oxygens (including phenoxy) is 2. The molecule has 3 unspecified atom stereocenters. The van der Waals surface area contributed by atoms with E-state index in [1.165, 1.54) is 25.7 Å². The smallest absolute Gasteiger partial charge is 0.422 e. The Balaban J connectivity index is 0.00000256. The first-order chi connectivity index (χ1) is 13.9. The summed E-state index contributed by atoms with van der Waals surface area (Å²) in [4.78, 5) is 4.37. The third kappa shape index (κ3) is 4.81. The van der Waals surface area contributed by atoms with E-state index in [1.807, 2.05) is 0 Å². The Morgan fingerprint density at radius 2 is 1.93 bits per heavy atom. The highest BCUT2D eigenvalue weighted by atomic mass is 127. The number of hydrogen-bond donors (Lipinski definition) is 2. The Bertz CT molecular complexity index is 736. The molecule has 30 heavy (non-hydrogen) atoms. The lowest BCUT2D eigenvalue weighted by Gasteiger charge is -2.57. The van der Waals surface area contributed by atoms with Gasteiger partial charge in [0.2, 0.25) is 0 Å². The van der Waals surface area contributed by atoms with E-state index in [9.17, 15) is 13.2 Å². The molecule has 0 aromatic heterocycles. The molecule has 5 nitrogen and oxygen atoms in total. The monoisotopic (exact) mass is 539 g/mol. The van der Waals surface area contributed by atoms with Crippen LogP contribution in [0.4, 0.5) is 13.2 Å². The molecule has 2 aliphatic carbocycles. The van der Waals surface area contributed by atoms with Gasteiger partial charge in [0.15, 0.2) is 12.6 Å². The Morgan fingerprint density at radius 1 is 1.23 bits per heavy atom. The molecule has 168 valence electrons. The maximum Gasteiger partial charge on any atom is 0.422 e. The summed E-state index contributed by atoms with van der Waals surface area (Å²) < 4.78 is 47.5. The zero-order chi connectivity index (χ0) is 20.5. The topological polar surface area (TPSA) is 54.9 Å². The predicted octanol–water partition coefficient (Wildman–Crippen LogP) is 4.26. The molecule has 3 aliphatic rings. The molecular weight excluding hydrogens is 510 g/mol. The zero-order valence-electron chi connectivity index (χ0n) is 17.0. The molecule has 0 bridgehead atoms. The van der Waals surface area contributed by atoms with Crippen molar-refractivity contribution in [2.24, 2.45) is 16.3 Å². The van der Waals surface area contributed by atoms with Crippen LogP contribution < -0.4 is 15.4 Å². The van der Waals surface area contributed by atoms with E-state index in [0.29, 0.717) is 24.6 Å². The van der Waals surface area contributed by atoms with Gasteiger partial charge in [-0.05, 0) is 37.0 Å². The van der Waals surface area contributed by atoms with Crippen LogP contribution in [0.25, 0.3) is 0 Å². The third-order valence-corrected chi connectivity index (χ3v) is 6.59. The second kappa shape index (κ2) is 9.50. The van der Waals surface area contributed by atoms with Crippen LogP contribution in [-0.2, 0) is 11.3 Å². The Hall–Kier alpha value is -1.23. The highest BCUT2D eigenvalue weighted by Crippen LogP contribution is 2.60. The number of guanidine groups is 1. The van der Waals surface area contributed by atoms with E-state index in [2.05, 4.69) is 15.6 Å². The summed E-state index contributed by atoms with van der Waals surface area (Å²) in [6.07, 6.45) is 2.11. The molecule has 4 rings (SSSR count). The van der Waals surface area contributed by atoms with Crippen LogP contribution >= 0.6 is 24.0 Å². The van der Waals surface area contributed by atoms with Crippen molar-refractivity contribution in [3.63, 3.8) is 0 Å². The molecule has 2 N–H and O–H groups in total. The molecule has 1 aromatic rings. The average molecular weight is 539 g/mol. The van der Waals surface area contributed by atoms with Gasteiger partial charge in [-0.1, -0.05) is 25.0 Å². The van der Waals surface area contributed by atoms with Crippen molar-refractivity contribution in [3.8, 4) is 5.75 Å². The molecule has 1 aliphatic heterocycles. The van der Waals surface area contributed by atoms with Crippen LogP contribution in [-0.4, -0.2) is 44.5 Å². The van der Waals surface area contributed by atoms with Crippen molar-refractivity contribution in [2.75, 3.05) is 20.3 Å². The van der Waals surface area contributed by atoms with E-state index in [4.69, 9.17) is 9.47 Å². The first kappa shape index (κ1) is 23.4. The summed E-state index contributed by atoms with van der Waals surface area (Å²) in [6, 6.07) is 7.02. The second-order valence-electron chi connectivity index (χ2n) is 8.28. The number of fused-ring (bicyclic) bond motifs is 2. The SMILES string of the molecule is CN=C(NCc1ccc(OCC(F)(F)F)cc1)NC1C2CCOC2C12CCCC2.I. The summed E-state index contributed by atoms with van der Waals surface area (Å²) >= 11 is 0. The summed E-state index contributed by atoms with van der Waals surface area (Å²) in [5, 5.41) is 6.96. The number of rotatable bonds is 5. The molecule has 3 fully saturated rings. The van der Waals surface area contributed by atoms with Crippen molar-refractivity contribution >= 4 is 29.9 Å². The lowest BCUT2D eigenvalue weighted by Crippen LogP contribution is -2.69. The number of alkyl halides is 3. The van der Waals surface area contributed by atoms with Gasteiger partial charge >= 0.3 is 6.18 Å². The first-order valence-corrected chi connectivity index (χ1v) is 10.3. The number of halogens is 4. The van der Waals surface area contributed by atoms with Crippen LogP contribution in [0, 0.1) is 11.3 Å². The van der Waals surface area contributed by atoms with Crippen molar-refractivity contribution < 1.29 is 22.6 Å². The first-order valence-electron chi connectivity index (χ1n) is 10.3. The molecule has 2 saturated carbocycles. The predicted molar refractivity (Wildman–Crippen MR) is 119 cm³/mol. The fraction of sp³-hybridized carbons (Fsp3) is 0.667. The van der Waals surface area contributed by atoms with Gasteiger partial charge in [-0.15, -0.1) is 24.0 Å². The molecule has 9 heteroatoms. The minimum atomic E-state index is -4.33. The van der Waals surface area contributed by atoms with Crippen LogP contribution in [0.2, 0.25) is 0 Å². The molecule has 3 atom stereocenters. The van der Waals surface area contributed by atoms with E-state index in [-0.39, 0.29) is 35.1 Å². The fourth-order valence-corrected chi connectivity index (χ4v) is 5.30. The Labute approximate surface area is 192 Å². The average Bonchev–Trinajstić information content (AvgIpc) is 3.36. The van der Waals surface area contributed by atoms with Crippen molar-refractivity contribution in [1.82, 2.24) is 10.6 Å². The van der Waals surface area contributed by atoms with Crippen molar-refractivity contribution in [3.05, 3.63) is 29.8 Å². The van der Waals surface area contributed by atoms with Crippen LogP contribution in [0.1, 0.15) is 37.7 Å². The maximum atomic E-state index is 12.2. The molecular formula is C21H29F3IN3O2. The van der Waals surface area contributed by atoms with E-state index in [1.54, 1.807) is 31.3 Å². The van der Waals surface area contributed by atoms with E-state index in [0.717, 1.165) is 24.6 Å². The molecule has 1 saturated heterocycles. The minimum Gasteiger partial charge on any atom is -0.484 e. The van der Waals surface area contributed by atoms with Gasteiger partial charge < -0.3 is 20.1 Å². The molecule has 0 radical (unpaired) electrons. The summed E-state index contributed by atoms with van der Waals surface area (Å²) in [6.45, 7) is 0.101. The van der Waals surface area contributed by atoms with Crippen molar-refractivity contribution in [2.45, 2.75) is 57.0 Å². The molecule has 1 heterocycles. The Morgan fingerprint density at radius 3 is 2.57 bits per heavy atom. The normalized spacial score (nSPS) is 27.2. The lowest BCUT2D eigenvalue weighted by atomic mass is 9.54. The number of aliphatic imine (C=N–C) groups is 1. The zero-order valence-corrected chi connectivity index (χ0v) is 19.3. The standard InChI is InChI=1S/C21H28F3N3O2.HI/c1-25-19(26-12-14-4-6-15(7-5-14)29-13-21(22,23)24)27-17-16-8-11-28-18(16)20(17)9-2-3-10-20;/h4-7,16-18H,2-3,8-13H2,1H3,(H2,25,26,27);1H. The summed E-state index contributed by atoms with van der Waals surface area (Å²) in [5.41, 5.74) is 1.19. The second-order valence-corrected chi connectivity index (χ2v) is 8.28. The third-order valence-electron chi connectivity index (χ3n) is 6.59. The number of nitrogens with zero attached hydrogens (tertiary/aromatic N) is 1. The highest BCUT2D eigenvalue weighted by Gasteiger charge is 2.65. The largest absolute Gasteiger partial charge is 0.484 e. The highest BCUT2D eigenvalue weighted by molar-refractivity contribution is 14.0. The van der Waals surface area contributed by atoms with Gasteiger partial charge in [-0.3, -0.25) is 4.99 Å². The fourth-order valence-electron chi connectivity index (χ4n) is 5.30. The van der Waals surface area contributed by atoms with Gasteiger partial charge in [0.25, 0.3) is 0 Å². The summed E-state index contributed by atoms with van der Waals surface area (Å²) in [5.74, 6) is 1.51. The number of benzene rings is 1. The summed E-state index contributed by atoms with van der Waals surface area (Å²) in [7, 11) is 1.76. The van der Waals surface area contributed by atoms with Gasteiger partial charge in [0.05, 0.1) is 6.10 Å². The van der Waals surface area contributed by atoms with Crippen LogP contribution in [0.15, 0.2) is 29.3 Å². The van der Waals surface area contributed by atoms with Gasteiger partial charge in [0.1, 0.15) is 5.75 Å². The number of hydrogen-bond acceptors (Lipinski definition) is 3. The minimum absolute atomic E-state index is 0. The number of nitrogens with one attached hydrogen (secondary N) is 2. The van der Waals surface area contributed by atoms with Gasteiger partial charge in [-0.2, -0.15) is 13.2 Å². The molecule has 0 amide bonds. The molecule has 1 spiro atoms. The van der Waals surface area contributed by atoms with Crippen LogP contribution in [0.3, 0.4) is 0 Å². The Kier molecular flexibility index (Phi) is 7.42. The van der Waals surface area contributed by atoms with Gasteiger partial charge in [0, 0.05) is 37.6 Å². The van der Waals surface area contributed by atoms with Crippen LogP contribution in [0.5, 0.6) is 5.75 Å². The van der Waals surface area contributed by atoms with E-state index < -0.39 is 12.8 Å². The maximum absolute atomic E-state index is 12.2.